The molecular weight excluding hydrogens is 574 g/mol. The van der Waals surface area contributed by atoms with Crippen molar-refractivity contribution in [2.75, 3.05) is 44.1 Å². The van der Waals surface area contributed by atoms with Gasteiger partial charge in [0.2, 0.25) is 5.91 Å². The molecule has 0 saturated carbocycles. The largest absolute Gasteiger partial charge is 0.494 e. The lowest BCUT2D eigenvalue weighted by molar-refractivity contribution is -0.127. The molecule has 0 aromatic heterocycles. The number of para-hydroxylation sites is 2. The van der Waals surface area contributed by atoms with Crippen LogP contribution in [0.2, 0.25) is 0 Å². The van der Waals surface area contributed by atoms with Gasteiger partial charge in [-0.3, -0.25) is 24.1 Å². The average Bonchev–Trinajstić information content (AvgIpc) is 3.25. The topological polar surface area (TPSA) is 132 Å². The minimum absolute atomic E-state index is 0.155. The Kier molecular flexibility index (Phi) is 10.6. The van der Waals surface area contributed by atoms with Crippen LogP contribution in [0.15, 0.2) is 71.6 Å². The SMILES string of the molecule is CCOc1ccc(NC(=O)CN2C(=O)S/C(=C/c3ccc(OCC(=O)Nc4ccccc4OCC)c(OC)c3)C2=O)cc1. The van der Waals surface area contributed by atoms with Crippen molar-refractivity contribution in [2.45, 2.75) is 13.8 Å². The van der Waals surface area contributed by atoms with Crippen molar-refractivity contribution in [1.29, 1.82) is 0 Å². The van der Waals surface area contributed by atoms with E-state index in [2.05, 4.69) is 10.6 Å². The van der Waals surface area contributed by atoms with E-state index in [1.54, 1.807) is 60.7 Å². The van der Waals surface area contributed by atoms with Crippen LogP contribution in [0.5, 0.6) is 23.0 Å². The summed E-state index contributed by atoms with van der Waals surface area (Å²) >= 11 is 0.736. The summed E-state index contributed by atoms with van der Waals surface area (Å²) in [6.45, 7) is 3.99. The maximum absolute atomic E-state index is 12.9. The van der Waals surface area contributed by atoms with E-state index in [0.29, 0.717) is 53.2 Å². The van der Waals surface area contributed by atoms with Crippen LogP contribution in [-0.4, -0.2) is 61.3 Å². The zero-order chi connectivity index (χ0) is 30.8. The number of hydrogen-bond acceptors (Lipinski definition) is 9. The zero-order valence-corrected chi connectivity index (χ0v) is 24.7. The molecule has 0 bridgehead atoms. The van der Waals surface area contributed by atoms with Crippen LogP contribution in [0, 0.1) is 0 Å². The third kappa shape index (κ3) is 8.29. The van der Waals surface area contributed by atoms with E-state index in [4.69, 9.17) is 18.9 Å². The van der Waals surface area contributed by atoms with Gasteiger partial charge >= 0.3 is 0 Å². The Hall–Kier alpha value is -4.97. The van der Waals surface area contributed by atoms with E-state index in [1.807, 2.05) is 19.9 Å². The second kappa shape index (κ2) is 14.8. The lowest BCUT2D eigenvalue weighted by Gasteiger charge is -2.13. The Bertz CT molecular complexity index is 1520. The molecule has 0 atom stereocenters. The number of carbonyl (C=O) groups is 4. The molecule has 1 saturated heterocycles. The molecule has 1 aliphatic heterocycles. The molecule has 0 aliphatic carbocycles. The second-order valence-corrected chi connectivity index (χ2v) is 9.94. The highest BCUT2D eigenvalue weighted by molar-refractivity contribution is 8.18. The molecule has 0 radical (unpaired) electrons. The molecule has 0 unspecified atom stereocenters. The first kappa shape index (κ1) is 31.0. The summed E-state index contributed by atoms with van der Waals surface area (Å²) in [6.07, 6.45) is 1.53. The summed E-state index contributed by atoms with van der Waals surface area (Å²) < 4.78 is 22.0. The third-order valence-electron chi connectivity index (χ3n) is 5.93. The Morgan fingerprint density at radius 3 is 2.30 bits per heavy atom. The second-order valence-electron chi connectivity index (χ2n) is 8.95. The van der Waals surface area contributed by atoms with Crippen molar-refractivity contribution >= 4 is 52.2 Å². The van der Waals surface area contributed by atoms with Gasteiger partial charge in [-0.2, -0.15) is 0 Å². The van der Waals surface area contributed by atoms with Crippen molar-refractivity contribution < 1.29 is 38.1 Å². The van der Waals surface area contributed by atoms with Gasteiger partial charge in [0.15, 0.2) is 18.1 Å². The maximum Gasteiger partial charge on any atom is 0.294 e. The molecule has 4 amide bonds. The first-order valence-corrected chi connectivity index (χ1v) is 14.2. The Labute approximate surface area is 253 Å². The van der Waals surface area contributed by atoms with Crippen LogP contribution in [0.4, 0.5) is 16.2 Å². The fourth-order valence-corrected chi connectivity index (χ4v) is 4.85. The summed E-state index contributed by atoms with van der Waals surface area (Å²) in [5.41, 5.74) is 1.60. The van der Waals surface area contributed by atoms with Crippen molar-refractivity contribution in [1.82, 2.24) is 4.90 Å². The number of hydrogen-bond donors (Lipinski definition) is 2. The van der Waals surface area contributed by atoms with Crippen LogP contribution in [0.3, 0.4) is 0 Å². The minimum Gasteiger partial charge on any atom is -0.494 e. The van der Waals surface area contributed by atoms with Crippen molar-refractivity contribution in [3.63, 3.8) is 0 Å². The van der Waals surface area contributed by atoms with Gasteiger partial charge in [-0.1, -0.05) is 18.2 Å². The highest BCUT2D eigenvalue weighted by Gasteiger charge is 2.36. The number of rotatable bonds is 13. The summed E-state index contributed by atoms with van der Waals surface area (Å²) in [4.78, 5) is 51.6. The molecule has 1 aliphatic rings. The van der Waals surface area contributed by atoms with Gasteiger partial charge in [0, 0.05) is 5.69 Å². The monoisotopic (exact) mass is 605 g/mol. The third-order valence-corrected chi connectivity index (χ3v) is 6.84. The number of nitrogens with zero attached hydrogens (tertiary/aromatic N) is 1. The number of ether oxygens (including phenoxy) is 4. The molecule has 1 fully saturated rings. The fraction of sp³-hybridized carbons (Fsp3) is 0.226. The number of benzene rings is 3. The maximum atomic E-state index is 12.9. The van der Waals surface area contributed by atoms with Gasteiger partial charge in [-0.25, -0.2) is 0 Å². The van der Waals surface area contributed by atoms with Crippen LogP contribution < -0.4 is 29.6 Å². The molecule has 2 N–H and O–H groups in total. The van der Waals surface area contributed by atoms with Crippen LogP contribution >= 0.6 is 11.8 Å². The Morgan fingerprint density at radius 2 is 1.58 bits per heavy atom. The van der Waals surface area contributed by atoms with E-state index in [0.717, 1.165) is 16.7 Å². The van der Waals surface area contributed by atoms with Crippen LogP contribution in [0.25, 0.3) is 6.08 Å². The lowest BCUT2D eigenvalue weighted by Crippen LogP contribution is -2.36. The average molecular weight is 606 g/mol. The zero-order valence-electron chi connectivity index (χ0n) is 23.9. The number of methoxy groups -OCH3 is 1. The van der Waals surface area contributed by atoms with Crippen LogP contribution in [0.1, 0.15) is 19.4 Å². The van der Waals surface area contributed by atoms with Crippen molar-refractivity contribution in [2.24, 2.45) is 0 Å². The van der Waals surface area contributed by atoms with Gasteiger partial charge in [-0.05, 0) is 85.8 Å². The molecule has 0 spiro atoms. The quantitative estimate of drug-likeness (QED) is 0.253. The molecular formula is C31H31N3O8S. The normalized spacial score (nSPS) is 13.6. The predicted molar refractivity (Wildman–Crippen MR) is 164 cm³/mol. The number of anilines is 2. The molecule has 3 aromatic rings. The summed E-state index contributed by atoms with van der Waals surface area (Å²) in [6, 6.07) is 18.7. The van der Waals surface area contributed by atoms with Crippen molar-refractivity contribution in [3.8, 4) is 23.0 Å². The molecule has 4 rings (SSSR count). The van der Waals surface area contributed by atoms with Crippen LogP contribution in [-0.2, 0) is 14.4 Å². The summed E-state index contributed by atoms with van der Waals surface area (Å²) in [5.74, 6) is 0.368. The highest BCUT2D eigenvalue weighted by atomic mass is 32.2. The smallest absolute Gasteiger partial charge is 0.294 e. The van der Waals surface area contributed by atoms with E-state index >= 15 is 0 Å². The number of carbonyl (C=O) groups excluding carboxylic acids is 4. The lowest BCUT2D eigenvalue weighted by atomic mass is 10.2. The Morgan fingerprint density at radius 1 is 0.837 bits per heavy atom. The minimum atomic E-state index is -0.583. The van der Waals surface area contributed by atoms with Crippen molar-refractivity contribution in [3.05, 3.63) is 77.2 Å². The molecule has 12 heteroatoms. The molecule has 3 aromatic carbocycles. The highest BCUT2D eigenvalue weighted by Crippen LogP contribution is 2.34. The first-order chi connectivity index (χ1) is 20.8. The number of thioether (sulfide) groups is 1. The molecule has 43 heavy (non-hydrogen) atoms. The van der Waals surface area contributed by atoms with E-state index in [-0.39, 0.29) is 11.5 Å². The first-order valence-electron chi connectivity index (χ1n) is 13.4. The van der Waals surface area contributed by atoms with Gasteiger partial charge in [-0.15, -0.1) is 0 Å². The fourth-order valence-electron chi connectivity index (χ4n) is 4.01. The summed E-state index contributed by atoms with van der Waals surface area (Å²) in [5, 5.41) is 4.88. The Balaban J connectivity index is 1.36. The van der Waals surface area contributed by atoms with E-state index < -0.39 is 29.5 Å². The predicted octanol–water partition coefficient (Wildman–Crippen LogP) is 5.19. The summed E-state index contributed by atoms with van der Waals surface area (Å²) in [7, 11) is 1.45. The standard InChI is InChI=1S/C31H31N3O8S/c1-4-40-22-13-11-21(12-14-22)32-28(35)18-34-30(37)27(43-31(34)38)17-20-10-15-25(26(16-20)39-3)42-19-29(36)33-23-8-6-7-9-24(23)41-5-2/h6-17H,4-5,18-19H2,1-3H3,(H,32,35)(H,33,36)/b27-17+. The molecule has 1 heterocycles. The number of imide groups is 1. The van der Waals surface area contributed by atoms with Gasteiger partial charge in [0.05, 0.1) is 30.9 Å². The van der Waals surface area contributed by atoms with E-state index in [1.165, 1.54) is 13.2 Å². The van der Waals surface area contributed by atoms with Gasteiger partial charge in [0.1, 0.15) is 18.0 Å². The molecule has 224 valence electrons. The van der Waals surface area contributed by atoms with E-state index in [9.17, 15) is 19.2 Å². The number of nitrogens with one attached hydrogen (secondary N) is 2. The van der Waals surface area contributed by atoms with Gasteiger partial charge in [0.25, 0.3) is 17.1 Å². The number of amides is 4. The molecule has 11 nitrogen and oxygen atoms in total. The van der Waals surface area contributed by atoms with Gasteiger partial charge < -0.3 is 29.6 Å².